The van der Waals surface area contributed by atoms with Gasteiger partial charge in [0.15, 0.2) is 0 Å². The van der Waals surface area contributed by atoms with Crippen molar-refractivity contribution in [1.82, 2.24) is 5.32 Å². The van der Waals surface area contributed by atoms with Gasteiger partial charge < -0.3 is 10.7 Å². The highest BCUT2D eigenvalue weighted by Crippen LogP contribution is 2.51. The molecule has 78 valence electrons. The molecule has 1 rings (SSSR count). The van der Waals surface area contributed by atoms with Crippen LogP contribution in [0, 0.1) is 16.2 Å². The van der Waals surface area contributed by atoms with Crippen LogP contribution in [-0.2, 0) is 0 Å². The maximum atomic E-state index is 7.80. The van der Waals surface area contributed by atoms with Gasteiger partial charge in [-0.2, -0.15) is 0 Å². The monoisotopic (exact) mass is 211 g/mol. The average Bonchev–Trinajstić information content (AvgIpc) is 2.85. The standard InChI is InChI=1S/C10H17N3S/c1-8(2)13-6-5-10(3-4-10)9(12)14-7-11/h7,11-13H,1,3-6H2,2H3. The molecule has 1 fully saturated rings. The summed E-state index contributed by atoms with van der Waals surface area (Å²) in [6, 6.07) is 0. The van der Waals surface area contributed by atoms with Crippen LogP contribution < -0.4 is 5.32 Å². The Kier molecular flexibility index (Phi) is 3.75. The summed E-state index contributed by atoms with van der Waals surface area (Å²) in [5, 5.41) is 18.6. The SMILES string of the molecule is C=C(C)NCCC1(C(=N)SC=N)CC1. The van der Waals surface area contributed by atoms with Crippen molar-refractivity contribution in [2.45, 2.75) is 26.2 Å². The highest BCUT2D eigenvalue weighted by Gasteiger charge is 2.46. The molecule has 14 heavy (non-hydrogen) atoms. The average molecular weight is 211 g/mol. The van der Waals surface area contributed by atoms with E-state index in [1.165, 1.54) is 17.3 Å². The highest BCUT2D eigenvalue weighted by atomic mass is 32.2. The Labute approximate surface area is 89.4 Å². The quantitative estimate of drug-likeness (QED) is 0.467. The van der Waals surface area contributed by atoms with Gasteiger partial charge in [0.2, 0.25) is 0 Å². The van der Waals surface area contributed by atoms with E-state index in [0.717, 1.165) is 31.5 Å². The Morgan fingerprint density at radius 3 is 2.71 bits per heavy atom. The second-order valence-corrected chi connectivity index (χ2v) is 4.68. The van der Waals surface area contributed by atoms with Gasteiger partial charge in [0.25, 0.3) is 0 Å². The van der Waals surface area contributed by atoms with Crippen molar-refractivity contribution in [2.24, 2.45) is 5.41 Å². The summed E-state index contributed by atoms with van der Waals surface area (Å²) in [6.45, 7) is 6.60. The fraction of sp³-hybridized carbons (Fsp3) is 0.600. The molecular weight excluding hydrogens is 194 g/mol. The molecule has 0 bridgehead atoms. The van der Waals surface area contributed by atoms with Gasteiger partial charge in [-0.15, -0.1) is 0 Å². The summed E-state index contributed by atoms with van der Waals surface area (Å²) < 4.78 is 0. The second kappa shape index (κ2) is 4.64. The minimum Gasteiger partial charge on any atom is -0.389 e. The van der Waals surface area contributed by atoms with Crippen LogP contribution in [0.25, 0.3) is 0 Å². The lowest BCUT2D eigenvalue weighted by molar-refractivity contribution is 0.595. The maximum absolute atomic E-state index is 7.80. The van der Waals surface area contributed by atoms with E-state index < -0.39 is 0 Å². The van der Waals surface area contributed by atoms with Crippen LogP contribution in [0.5, 0.6) is 0 Å². The molecule has 0 spiro atoms. The van der Waals surface area contributed by atoms with Gasteiger partial charge in [-0.25, -0.2) is 0 Å². The first-order valence-corrected chi connectivity index (χ1v) is 5.63. The smallest absolute Gasteiger partial charge is 0.0760 e. The number of hydrogen-bond acceptors (Lipinski definition) is 4. The maximum Gasteiger partial charge on any atom is 0.0760 e. The predicted octanol–water partition coefficient (Wildman–Crippen LogP) is 2.60. The summed E-state index contributed by atoms with van der Waals surface area (Å²) in [7, 11) is 0. The highest BCUT2D eigenvalue weighted by molar-refractivity contribution is 8.24. The van der Waals surface area contributed by atoms with Crippen molar-refractivity contribution in [3.63, 3.8) is 0 Å². The molecule has 0 amide bonds. The summed E-state index contributed by atoms with van der Waals surface area (Å²) in [4.78, 5) is 0. The first kappa shape index (κ1) is 11.3. The fourth-order valence-corrected chi connectivity index (χ4v) is 2.11. The molecule has 0 radical (unpaired) electrons. The van der Waals surface area contributed by atoms with Crippen LogP contribution in [0.15, 0.2) is 12.3 Å². The lowest BCUT2D eigenvalue weighted by Gasteiger charge is -2.15. The van der Waals surface area contributed by atoms with Crippen LogP contribution in [-0.4, -0.2) is 17.1 Å². The van der Waals surface area contributed by atoms with Gasteiger partial charge >= 0.3 is 0 Å². The lowest BCUT2D eigenvalue weighted by atomic mass is 10.0. The topological polar surface area (TPSA) is 59.7 Å². The molecule has 0 aromatic rings. The lowest BCUT2D eigenvalue weighted by Crippen LogP contribution is -2.20. The first-order valence-electron chi connectivity index (χ1n) is 4.75. The number of thioether (sulfide) groups is 1. The molecule has 0 aromatic carbocycles. The Hall–Kier alpha value is -0.770. The zero-order valence-corrected chi connectivity index (χ0v) is 9.34. The molecule has 1 saturated carbocycles. The van der Waals surface area contributed by atoms with Crippen molar-refractivity contribution < 1.29 is 0 Å². The molecule has 1 aliphatic carbocycles. The van der Waals surface area contributed by atoms with Crippen LogP contribution >= 0.6 is 11.8 Å². The van der Waals surface area contributed by atoms with E-state index >= 15 is 0 Å². The van der Waals surface area contributed by atoms with Gasteiger partial charge in [0.1, 0.15) is 0 Å². The molecule has 0 heterocycles. The van der Waals surface area contributed by atoms with Gasteiger partial charge in [0, 0.05) is 17.7 Å². The summed E-state index contributed by atoms with van der Waals surface area (Å²) in [5.41, 5.74) is 2.31. The Morgan fingerprint density at radius 2 is 2.29 bits per heavy atom. The molecule has 0 aliphatic heterocycles. The van der Waals surface area contributed by atoms with E-state index in [4.69, 9.17) is 10.8 Å². The molecule has 3 nitrogen and oxygen atoms in total. The van der Waals surface area contributed by atoms with Gasteiger partial charge in [0.05, 0.1) is 10.6 Å². The van der Waals surface area contributed by atoms with Crippen molar-refractivity contribution >= 4 is 22.4 Å². The van der Waals surface area contributed by atoms with E-state index in [-0.39, 0.29) is 5.41 Å². The minimum absolute atomic E-state index is 0.0880. The molecular formula is C10H17N3S. The Bertz CT molecular complexity index is 256. The number of rotatable bonds is 6. The zero-order valence-electron chi connectivity index (χ0n) is 8.52. The predicted molar refractivity (Wildman–Crippen MR) is 63.2 cm³/mol. The zero-order chi connectivity index (χ0) is 10.6. The molecule has 1 aliphatic rings. The summed E-state index contributed by atoms with van der Waals surface area (Å²) in [6.07, 6.45) is 3.19. The third kappa shape index (κ3) is 2.87. The summed E-state index contributed by atoms with van der Waals surface area (Å²) >= 11 is 1.23. The van der Waals surface area contributed by atoms with E-state index in [1.54, 1.807) is 0 Å². The van der Waals surface area contributed by atoms with Crippen LogP contribution in [0.4, 0.5) is 0 Å². The van der Waals surface area contributed by atoms with Gasteiger partial charge in [-0.05, 0) is 26.2 Å². The van der Waals surface area contributed by atoms with E-state index in [2.05, 4.69) is 11.9 Å². The second-order valence-electron chi connectivity index (χ2n) is 3.80. The largest absolute Gasteiger partial charge is 0.389 e. The van der Waals surface area contributed by atoms with Crippen molar-refractivity contribution in [3.8, 4) is 0 Å². The third-order valence-electron chi connectivity index (χ3n) is 2.54. The van der Waals surface area contributed by atoms with Crippen LogP contribution in [0.1, 0.15) is 26.2 Å². The first-order chi connectivity index (χ1) is 6.60. The summed E-state index contributed by atoms with van der Waals surface area (Å²) in [5.74, 6) is 0. The number of allylic oxidation sites excluding steroid dienone is 1. The van der Waals surface area contributed by atoms with Crippen molar-refractivity contribution in [2.75, 3.05) is 6.54 Å². The number of nitrogens with one attached hydrogen (secondary N) is 3. The number of hydrogen-bond donors (Lipinski definition) is 3. The molecule has 0 unspecified atom stereocenters. The third-order valence-corrected chi connectivity index (χ3v) is 3.33. The normalized spacial score (nSPS) is 17.2. The minimum atomic E-state index is 0.0880. The van der Waals surface area contributed by atoms with Crippen molar-refractivity contribution in [1.29, 1.82) is 10.8 Å². The van der Waals surface area contributed by atoms with Crippen LogP contribution in [0.2, 0.25) is 0 Å². The van der Waals surface area contributed by atoms with Crippen molar-refractivity contribution in [3.05, 3.63) is 12.3 Å². The van der Waals surface area contributed by atoms with E-state index in [0.29, 0.717) is 5.04 Å². The molecule has 4 heteroatoms. The Morgan fingerprint density at radius 1 is 1.64 bits per heavy atom. The molecule has 0 saturated heterocycles. The van der Waals surface area contributed by atoms with Gasteiger partial charge in [-0.1, -0.05) is 18.3 Å². The van der Waals surface area contributed by atoms with E-state index in [9.17, 15) is 0 Å². The van der Waals surface area contributed by atoms with Crippen LogP contribution in [0.3, 0.4) is 0 Å². The van der Waals surface area contributed by atoms with Gasteiger partial charge in [-0.3, -0.25) is 5.41 Å². The molecule has 3 N–H and O–H groups in total. The molecule has 0 aromatic heterocycles. The van der Waals surface area contributed by atoms with E-state index in [1.807, 2.05) is 6.92 Å². The molecule has 0 atom stereocenters. The fourth-order valence-electron chi connectivity index (χ4n) is 1.44. The Balaban J connectivity index is 2.31.